The molecule has 5 nitrogen and oxygen atoms in total. The lowest BCUT2D eigenvalue weighted by atomic mass is 9.83. The molecule has 6 atom stereocenters. The van der Waals surface area contributed by atoms with Crippen LogP contribution in [-0.4, -0.2) is 57.4 Å². The van der Waals surface area contributed by atoms with E-state index in [-0.39, 0.29) is 24.6 Å². The molecule has 1 aliphatic heterocycles. The third-order valence-electron chi connectivity index (χ3n) is 2.84. The Hall–Kier alpha value is -0.200. The lowest BCUT2D eigenvalue weighted by Gasteiger charge is -2.32. The maximum atomic E-state index is 9.39. The van der Waals surface area contributed by atoms with E-state index in [1.165, 1.54) is 0 Å². The number of hydrogen-bond acceptors (Lipinski definition) is 5. The zero-order valence-corrected chi connectivity index (χ0v) is 6.46. The fourth-order valence-corrected chi connectivity index (χ4v) is 1.97. The Balaban J connectivity index is 2.11. The van der Waals surface area contributed by atoms with Gasteiger partial charge >= 0.3 is 0 Å². The fraction of sp³-hybridized carbons (Fsp3) is 1.00. The van der Waals surface area contributed by atoms with Gasteiger partial charge in [0.1, 0.15) is 6.10 Å². The van der Waals surface area contributed by atoms with Crippen LogP contribution in [0.25, 0.3) is 0 Å². The molecule has 1 aliphatic carbocycles. The molecule has 70 valence electrons. The Morgan fingerprint density at radius 2 is 1.58 bits per heavy atom. The molecular weight excluding hydrogens is 162 g/mol. The van der Waals surface area contributed by atoms with Crippen molar-refractivity contribution in [3.63, 3.8) is 0 Å². The highest BCUT2D eigenvalue weighted by molar-refractivity contribution is 5.15. The fourth-order valence-electron chi connectivity index (χ4n) is 1.97. The number of nitrogens with one attached hydrogen (secondary N) is 1. The molecular formula is C7H13NO4. The average Bonchev–Trinajstić information content (AvgIpc) is 2.81. The normalized spacial score (nSPS) is 58.0. The molecule has 0 aromatic carbocycles. The van der Waals surface area contributed by atoms with Crippen molar-refractivity contribution in [1.29, 1.82) is 0 Å². The molecule has 0 spiro atoms. The molecule has 2 aliphatic rings. The van der Waals surface area contributed by atoms with Gasteiger partial charge in [-0.1, -0.05) is 0 Å². The Morgan fingerprint density at radius 1 is 0.917 bits per heavy atom. The third kappa shape index (κ3) is 0.982. The molecule has 6 unspecified atom stereocenters. The smallest absolute Gasteiger partial charge is 0.108 e. The average molecular weight is 175 g/mol. The summed E-state index contributed by atoms with van der Waals surface area (Å²) in [6.45, 7) is -0.168. The van der Waals surface area contributed by atoms with Gasteiger partial charge < -0.3 is 25.7 Å². The highest BCUT2D eigenvalue weighted by Gasteiger charge is 2.57. The summed E-state index contributed by atoms with van der Waals surface area (Å²) in [4.78, 5) is 0. The van der Waals surface area contributed by atoms with Gasteiger partial charge in [-0.15, -0.1) is 0 Å². The predicted molar refractivity (Wildman–Crippen MR) is 39.3 cm³/mol. The largest absolute Gasteiger partial charge is 0.396 e. The van der Waals surface area contributed by atoms with Gasteiger partial charge in [0.15, 0.2) is 0 Å². The third-order valence-corrected chi connectivity index (χ3v) is 2.84. The number of aliphatic hydroxyl groups excluding tert-OH is 4. The van der Waals surface area contributed by atoms with Crippen LogP contribution in [0, 0.1) is 5.92 Å². The van der Waals surface area contributed by atoms with Crippen LogP contribution in [-0.2, 0) is 0 Å². The zero-order chi connectivity index (χ0) is 8.88. The van der Waals surface area contributed by atoms with Crippen LogP contribution in [0.15, 0.2) is 0 Å². The van der Waals surface area contributed by atoms with Gasteiger partial charge in [-0.3, -0.25) is 0 Å². The van der Waals surface area contributed by atoms with Crippen LogP contribution >= 0.6 is 0 Å². The number of hydrogen-bond donors (Lipinski definition) is 5. The van der Waals surface area contributed by atoms with Crippen molar-refractivity contribution in [3.8, 4) is 0 Å². The second-order valence-electron chi connectivity index (χ2n) is 3.54. The Morgan fingerprint density at radius 3 is 2.17 bits per heavy atom. The van der Waals surface area contributed by atoms with E-state index < -0.39 is 18.3 Å². The molecule has 5 heteroatoms. The Bertz CT molecular complexity index is 188. The van der Waals surface area contributed by atoms with Crippen LogP contribution in [0.2, 0.25) is 0 Å². The molecule has 12 heavy (non-hydrogen) atoms. The number of aliphatic hydroxyl groups is 4. The minimum atomic E-state index is -1.14. The molecule has 0 aromatic heterocycles. The van der Waals surface area contributed by atoms with Crippen molar-refractivity contribution in [1.82, 2.24) is 5.32 Å². The monoisotopic (exact) mass is 175 g/mol. The van der Waals surface area contributed by atoms with E-state index in [4.69, 9.17) is 5.11 Å². The number of rotatable bonds is 1. The first-order chi connectivity index (χ1) is 5.66. The summed E-state index contributed by atoms with van der Waals surface area (Å²) in [6.07, 6.45) is -3.08. The van der Waals surface area contributed by atoms with Crippen LogP contribution in [0.3, 0.4) is 0 Å². The van der Waals surface area contributed by atoms with Gasteiger partial charge in [-0.05, 0) is 0 Å². The van der Waals surface area contributed by atoms with E-state index in [0.29, 0.717) is 0 Å². The molecule has 1 heterocycles. The van der Waals surface area contributed by atoms with Crippen molar-refractivity contribution in [3.05, 3.63) is 0 Å². The van der Waals surface area contributed by atoms with Gasteiger partial charge in [-0.2, -0.15) is 0 Å². The SMILES string of the molecule is OCC1C(O)C(O)C(O)C2NC12. The highest BCUT2D eigenvalue weighted by atomic mass is 16.4. The van der Waals surface area contributed by atoms with E-state index >= 15 is 0 Å². The summed E-state index contributed by atoms with van der Waals surface area (Å²) >= 11 is 0. The van der Waals surface area contributed by atoms with Crippen LogP contribution < -0.4 is 5.32 Å². The minimum Gasteiger partial charge on any atom is -0.396 e. The standard InChI is InChI=1S/C7H13NO4/c9-1-2-3-4(8-3)6(11)7(12)5(2)10/h2-12H,1H2. The maximum Gasteiger partial charge on any atom is 0.108 e. The van der Waals surface area contributed by atoms with Gasteiger partial charge in [0.2, 0.25) is 0 Å². The molecule has 1 saturated heterocycles. The van der Waals surface area contributed by atoms with Gasteiger partial charge in [0.05, 0.1) is 24.9 Å². The van der Waals surface area contributed by atoms with Gasteiger partial charge in [-0.25, -0.2) is 0 Å². The Labute approximate surface area is 69.6 Å². The topological polar surface area (TPSA) is 103 Å². The summed E-state index contributed by atoms with van der Waals surface area (Å²) in [5, 5.41) is 39.8. The van der Waals surface area contributed by atoms with E-state index in [9.17, 15) is 15.3 Å². The summed E-state index contributed by atoms with van der Waals surface area (Å²) < 4.78 is 0. The summed E-state index contributed by atoms with van der Waals surface area (Å²) in [5.41, 5.74) is 0. The van der Waals surface area contributed by atoms with Crippen molar-refractivity contribution in [2.75, 3.05) is 6.61 Å². The second-order valence-corrected chi connectivity index (χ2v) is 3.54. The Kier molecular flexibility index (Phi) is 1.85. The van der Waals surface area contributed by atoms with Crippen molar-refractivity contribution >= 4 is 0 Å². The van der Waals surface area contributed by atoms with Gasteiger partial charge in [0, 0.05) is 12.0 Å². The lowest BCUT2D eigenvalue weighted by Crippen LogP contribution is -2.52. The molecule has 2 rings (SSSR count). The molecule has 0 amide bonds. The van der Waals surface area contributed by atoms with Crippen LogP contribution in [0.5, 0.6) is 0 Å². The minimum absolute atomic E-state index is 0.0385. The molecule has 0 radical (unpaired) electrons. The van der Waals surface area contributed by atoms with E-state index in [1.807, 2.05) is 0 Å². The van der Waals surface area contributed by atoms with Crippen molar-refractivity contribution in [2.45, 2.75) is 30.4 Å². The highest BCUT2D eigenvalue weighted by Crippen LogP contribution is 2.34. The quantitative estimate of drug-likeness (QED) is 0.274. The van der Waals surface area contributed by atoms with Gasteiger partial charge in [0.25, 0.3) is 0 Å². The molecule has 0 bridgehead atoms. The second kappa shape index (κ2) is 2.65. The lowest BCUT2D eigenvalue weighted by molar-refractivity contribution is -0.105. The summed E-state index contributed by atoms with van der Waals surface area (Å²) in [7, 11) is 0. The first-order valence-electron chi connectivity index (χ1n) is 4.08. The number of fused-ring (bicyclic) bond motifs is 1. The van der Waals surface area contributed by atoms with E-state index in [1.54, 1.807) is 0 Å². The maximum absolute atomic E-state index is 9.39. The summed E-state index contributed by atoms with van der Waals surface area (Å²) in [5.74, 6) is -0.353. The first kappa shape index (κ1) is 8.40. The molecule has 5 N–H and O–H groups in total. The molecule has 0 aromatic rings. The molecule has 1 saturated carbocycles. The van der Waals surface area contributed by atoms with Crippen molar-refractivity contribution in [2.24, 2.45) is 5.92 Å². The zero-order valence-electron chi connectivity index (χ0n) is 6.46. The van der Waals surface area contributed by atoms with E-state index in [0.717, 1.165) is 0 Å². The van der Waals surface area contributed by atoms with Crippen molar-refractivity contribution < 1.29 is 20.4 Å². The van der Waals surface area contributed by atoms with Crippen LogP contribution in [0.1, 0.15) is 0 Å². The molecule has 2 fully saturated rings. The van der Waals surface area contributed by atoms with E-state index in [2.05, 4.69) is 5.32 Å². The first-order valence-corrected chi connectivity index (χ1v) is 4.08. The van der Waals surface area contributed by atoms with Crippen LogP contribution in [0.4, 0.5) is 0 Å². The predicted octanol–water partition coefficient (Wildman–Crippen LogP) is -2.97. The summed E-state index contributed by atoms with van der Waals surface area (Å²) in [6, 6.07) is -0.191.